The van der Waals surface area contributed by atoms with Crippen molar-refractivity contribution in [1.29, 1.82) is 0 Å². The van der Waals surface area contributed by atoms with Gasteiger partial charge < -0.3 is 14.5 Å². The van der Waals surface area contributed by atoms with Crippen LogP contribution >= 0.6 is 0 Å². The number of aliphatic imine (C=N–C) groups is 1. The van der Waals surface area contributed by atoms with Crippen LogP contribution in [0.3, 0.4) is 0 Å². The molecular formula is C59H44N4. The Morgan fingerprint density at radius 1 is 0.540 bits per heavy atom. The van der Waals surface area contributed by atoms with Gasteiger partial charge in [0.2, 0.25) is 0 Å². The molecule has 0 radical (unpaired) electrons. The van der Waals surface area contributed by atoms with E-state index in [1.54, 1.807) is 0 Å². The van der Waals surface area contributed by atoms with Gasteiger partial charge in [-0.3, -0.25) is 4.99 Å². The zero-order valence-electron chi connectivity index (χ0n) is 35.0. The van der Waals surface area contributed by atoms with Crippen LogP contribution in [0, 0.1) is 0 Å². The summed E-state index contributed by atoms with van der Waals surface area (Å²) in [7, 11) is 0. The summed E-state index contributed by atoms with van der Waals surface area (Å²) in [6.45, 7) is 2.43. The molecule has 2 aliphatic rings. The Hall–Kier alpha value is -7.95. The van der Waals surface area contributed by atoms with Crippen molar-refractivity contribution >= 4 is 50.3 Å². The molecule has 2 atom stereocenters. The van der Waals surface area contributed by atoms with Crippen molar-refractivity contribution in [3.05, 3.63) is 252 Å². The molecule has 2 aromatic heterocycles. The average molecular weight is 809 g/mol. The summed E-state index contributed by atoms with van der Waals surface area (Å²) >= 11 is 0. The summed E-state index contributed by atoms with van der Waals surface area (Å²) in [4.78, 5) is 5.27. The van der Waals surface area contributed by atoms with Crippen LogP contribution in [0.25, 0.3) is 67.0 Å². The number of amidine groups is 1. The van der Waals surface area contributed by atoms with Crippen LogP contribution in [0.2, 0.25) is 0 Å². The molecule has 0 fully saturated rings. The van der Waals surface area contributed by atoms with Crippen LogP contribution in [-0.2, 0) is 11.8 Å². The Balaban J connectivity index is 1.02. The molecule has 0 saturated carbocycles. The third kappa shape index (κ3) is 6.17. The number of benzene rings is 8. The second-order valence-corrected chi connectivity index (χ2v) is 17.0. The second kappa shape index (κ2) is 14.9. The molecule has 0 saturated heterocycles. The third-order valence-corrected chi connectivity index (χ3v) is 13.2. The van der Waals surface area contributed by atoms with E-state index in [4.69, 9.17) is 4.99 Å². The number of nitrogens with zero attached hydrogens (tertiary/aromatic N) is 3. The highest BCUT2D eigenvalue weighted by Crippen LogP contribution is 2.48. The molecular weight excluding hydrogens is 765 g/mol. The molecule has 1 N–H and O–H groups in total. The lowest BCUT2D eigenvalue weighted by Crippen LogP contribution is -2.27. The first-order valence-corrected chi connectivity index (χ1v) is 21.9. The molecule has 63 heavy (non-hydrogen) atoms. The van der Waals surface area contributed by atoms with Gasteiger partial charge >= 0.3 is 0 Å². The summed E-state index contributed by atoms with van der Waals surface area (Å²) in [6, 6.07) is 74.1. The molecule has 1 aliphatic carbocycles. The van der Waals surface area contributed by atoms with E-state index in [9.17, 15) is 0 Å². The molecule has 300 valence electrons. The maximum absolute atomic E-state index is 5.27. The van der Waals surface area contributed by atoms with E-state index in [0.29, 0.717) is 0 Å². The fraction of sp³-hybridized carbons (Fsp3) is 0.0678. The smallest absolute Gasteiger partial charge is 0.133 e. The zero-order chi connectivity index (χ0) is 41.9. The minimum atomic E-state index is -0.281. The largest absolute Gasteiger partial charge is 0.340 e. The SMILES string of the molecule is CC1(c2ccc(-c3ccc(C4C=C(c5ccccc5)NC(c5ccccc5)=N4)cc3)c3c2c2ccccc2n3-c2ccccc2)C=Cc2c(c3ccccc3n2-c2ccccc2)C1. The Morgan fingerprint density at radius 3 is 1.79 bits per heavy atom. The van der Waals surface area contributed by atoms with Gasteiger partial charge in [-0.15, -0.1) is 0 Å². The Morgan fingerprint density at radius 2 is 1.11 bits per heavy atom. The van der Waals surface area contributed by atoms with Gasteiger partial charge in [-0.05, 0) is 82.8 Å². The molecule has 4 heteroatoms. The number of allylic oxidation sites excluding steroid dienone is 1. The summed E-state index contributed by atoms with van der Waals surface area (Å²) in [6.07, 6.45) is 7.97. The first-order chi connectivity index (χ1) is 31.1. The molecule has 2 unspecified atom stereocenters. The van der Waals surface area contributed by atoms with Gasteiger partial charge in [0.25, 0.3) is 0 Å². The maximum atomic E-state index is 5.27. The number of hydrogen-bond acceptors (Lipinski definition) is 2. The molecule has 0 amide bonds. The van der Waals surface area contributed by atoms with Crippen molar-refractivity contribution in [2.75, 3.05) is 0 Å². The van der Waals surface area contributed by atoms with Crippen LogP contribution in [0.4, 0.5) is 0 Å². The third-order valence-electron chi connectivity index (χ3n) is 13.2. The first-order valence-electron chi connectivity index (χ1n) is 21.9. The molecule has 12 rings (SSSR count). The summed E-state index contributed by atoms with van der Waals surface area (Å²) in [5.74, 6) is 0.873. The monoisotopic (exact) mass is 808 g/mol. The van der Waals surface area contributed by atoms with E-state index in [1.165, 1.54) is 66.3 Å². The van der Waals surface area contributed by atoms with Crippen molar-refractivity contribution in [3.63, 3.8) is 0 Å². The van der Waals surface area contributed by atoms with Gasteiger partial charge in [-0.1, -0.05) is 183 Å². The van der Waals surface area contributed by atoms with E-state index in [2.05, 4.69) is 240 Å². The minimum Gasteiger partial charge on any atom is -0.340 e. The lowest BCUT2D eigenvalue weighted by Gasteiger charge is -2.32. The minimum absolute atomic E-state index is 0.153. The van der Waals surface area contributed by atoms with E-state index in [0.717, 1.165) is 40.3 Å². The van der Waals surface area contributed by atoms with Gasteiger partial charge in [0.1, 0.15) is 5.84 Å². The molecule has 0 spiro atoms. The molecule has 4 nitrogen and oxygen atoms in total. The fourth-order valence-electron chi connectivity index (χ4n) is 10.2. The Bertz CT molecular complexity index is 3370. The number of nitrogens with one attached hydrogen (secondary N) is 1. The Labute approximate surface area is 367 Å². The predicted octanol–water partition coefficient (Wildman–Crippen LogP) is 14.1. The molecule has 10 aromatic rings. The number of hydrogen-bond donors (Lipinski definition) is 1. The van der Waals surface area contributed by atoms with Crippen LogP contribution in [0.1, 0.15) is 46.5 Å². The normalized spacial score (nSPS) is 17.1. The van der Waals surface area contributed by atoms with Crippen molar-refractivity contribution in [1.82, 2.24) is 14.5 Å². The van der Waals surface area contributed by atoms with Gasteiger partial charge in [0.05, 0.1) is 22.6 Å². The highest BCUT2D eigenvalue weighted by Gasteiger charge is 2.35. The van der Waals surface area contributed by atoms with Gasteiger partial charge in [-0.25, -0.2) is 0 Å². The van der Waals surface area contributed by atoms with Gasteiger partial charge in [0.15, 0.2) is 0 Å². The molecule has 3 heterocycles. The highest BCUT2D eigenvalue weighted by molar-refractivity contribution is 6.16. The molecule has 1 aliphatic heterocycles. The van der Waals surface area contributed by atoms with Crippen LogP contribution in [0.15, 0.2) is 223 Å². The number of fused-ring (bicyclic) bond motifs is 6. The summed E-state index contributed by atoms with van der Waals surface area (Å²) < 4.78 is 4.92. The lowest BCUT2D eigenvalue weighted by molar-refractivity contribution is 0.593. The van der Waals surface area contributed by atoms with Crippen LogP contribution in [0.5, 0.6) is 0 Å². The number of rotatable bonds is 7. The van der Waals surface area contributed by atoms with Crippen molar-refractivity contribution in [2.45, 2.75) is 24.8 Å². The van der Waals surface area contributed by atoms with Crippen LogP contribution in [-0.4, -0.2) is 15.0 Å². The van der Waals surface area contributed by atoms with E-state index >= 15 is 0 Å². The standard InChI is InChI=1S/C59H44N4/c1-59(37-36-55-49(39-59)47-26-14-16-28-53(47)62(55)44-22-10-4-11-23-44)50-35-34-46(57-56(50)48-27-15-17-29-54(48)63(57)45-24-12-5-13-25-45)40-30-32-42(33-31-40)52-38-51(41-18-6-2-7-19-41)60-58(61-52)43-20-8-3-9-21-43/h2-38,52H,39H2,1H3,(H,60,61). The second-order valence-electron chi connectivity index (χ2n) is 17.0. The van der Waals surface area contributed by atoms with Crippen LogP contribution < -0.4 is 5.32 Å². The van der Waals surface area contributed by atoms with Crippen molar-refractivity contribution in [2.24, 2.45) is 4.99 Å². The zero-order valence-corrected chi connectivity index (χ0v) is 35.0. The number of para-hydroxylation sites is 4. The fourth-order valence-corrected chi connectivity index (χ4v) is 10.2. The van der Waals surface area contributed by atoms with Crippen molar-refractivity contribution in [3.8, 4) is 22.5 Å². The quantitative estimate of drug-likeness (QED) is 0.171. The Kier molecular flexibility index (Phi) is 8.72. The summed E-state index contributed by atoms with van der Waals surface area (Å²) in [5.41, 5.74) is 16.5. The van der Waals surface area contributed by atoms with Gasteiger partial charge in [0, 0.05) is 55.5 Å². The van der Waals surface area contributed by atoms with E-state index in [-0.39, 0.29) is 11.5 Å². The van der Waals surface area contributed by atoms with Crippen molar-refractivity contribution < 1.29 is 0 Å². The highest BCUT2D eigenvalue weighted by atomic mass is 15.0. The molecule has 8 aromatic carbocycles. The van der Waals surface area contributed by atoms with E-state index < -0.39 is 0 Å². The molecule has 0 bridgehead atoms. The maximum Gasteiger partial charge on any atom is 0.133 e. The lowest BCUT2D eigenvalue weighted by atomic mass is 9.72. The number of aromatic nitrogens is 2. The average Bonchev–Trinajstić information content (AvgIpc) is 3.88. The summed E-state index contributed by atoms with van der Waals surface area (Å²) in [5, 5.41) is 7.50. The van der Waals surface area contributed by atoms with Gasteiger partial charge in [-0.2, -0.15) is 0 Å². The first kappa shape index (κ1) is 36.9. The van der Waals surface area contributed by atoms with E-state index in [1.807, 2.05) is 6.07 Å². The predicted molar refractivity (Wildman–Crippen MR) is 263 cm³/mol. The topological polar surface area (TPSA) is 34.2 Å².